The summed E-state index contributed by atoms with van der Waals surface area (Å²) in [5.74, 6) is 0. The highest BCUT2D eigenvalue weighted by Gasteiger charge is 2.26. The molecule has 10 heavy (non-hydrogen) atoms. The molecule has 0 spiro atoms. The zero-order chi connectivity index (χ0) is 6.91. The van der Waals surface area contributed by atoms with Crippen LogP contribution in [0.5, 0.6) is 0 Å². The summed E-state index contributed by atoms with van der Waals surface area (Å²) in [5.41, 5.74) is 0.469. The minimum Gasteiger partial charge on any atom is -0.313 e. The molecule has 62 valence electrons. The smallest absolute Gasteiger partial charge is 0.0116 e. The lowest BCUT2D eigenvalue weighted by atomic mass is 9.86. The topological polar surface area (TPSA) is 12.0 Å². The largest absolute Gasteiger partial charge is 0.313 e. The monoisotopic (exact) mass is 143 g/mol. The molecule has 1 fully saturated rings. The van der Waals surface area contributed by atoms with Gasteiger partial charge in [-0.25, -0.2) is 0 Å². The average molecular weight is 143 g/mol. The molecule has 0 bridgehead atoms. The van der Waals surface area contributed by atoms with Gasteiger partial charge in [0.1, 0.15) is 0 Å². The number of hydrogen-bond acceptors (Lipinski definition) is 1. The second-order valence-electron chi connectivity index (χ2n) is 4.01. The van der Waals surface area contributed by atoms with E-state index in [1.54, 1.807) is 0 Å². The molecule has 1 nitrogen and oxygen atoms in total. The van der Waals surface area contributed by atoms with Crippen molar-refractivity contribution in [1.29, 1.82) is 0 Å². The molecule has 1 aliphatic heterocycles. The van der Waals surface area contributed by atoms with Crippen LogP contribution in [0, 0.1) is 5.41 Å². The van der Waals surface area contributed by atoms with Gasteiger partial charge in [0.05, 0.1) is 0 Å². The first-order valence-corrected chi connectivity index (χ1v) is 3.84. The van der Waals surface area contributed by atoms with E-state index in [0.717, 1.165) is 6.04 Å². The number of rotatable bonds is 0. The van der Waals surface area contributed by atoms with Gasteiger partial charge in [0, 0.05) is 6.04 Å². The van der Waals surface area contributed by atoms with E-state index in [1.165, 1.54) is 19.4 Å². The molecule has 0 amide bonds. The third kappa shape index (κ3) is 2.30. The fourth-order valence-electron chi connectivity index (χ4n) is 1.42. The SMILES string of the molecule is C.CC(C)(C)C1CCCN1. The van der Waals surface area contributed by atoms with Gasteiger partial charge in [-0.3, -0.25) is 0 Å². The molecule has 0 aromatic rings. The summed E-state index contributed by atoms with van der Waals surface area (Å²) in [7, 11) is 0. The van der Waals surface area contributed by atoms with Gasteiger partial charge in [-0.05, 0) is 24.8 Å². The quantitative estimate of drug-likeness (QED) is 0.549. The Kier molecular flexibility index (Phi) is 3.37. The highest BCUT2D eigenvalue weighted by atomic mass is 14.9. The molecular weight excluding hydrogens is 122 g/mol. The summed E-state index contributed by atoms with van der Waals surface area (Å²) < 4.78 is 0. The molecule has 0 aromatic carbocycles. The van der Waals surface area contributed by atoms with Crippen LogP contribution in [0.25, 0.3) is 0 Å². The van der Waals surface area contributed by atoms with E-state index in [-0.39, 0.29) is 7.43 Å². The molecular formula is C9H21N. The van der Waals surface area contributed by atoms with Crippen LogP contribution in [0.15, 0.2) is 0 Å². The van der Waals surface area contributed by atoms with Gasteiger partial charge in [0.25, 0.3) is 0 Å². The van der Waals surface area contributed by atoms with E-state index < -0.39 is 0 Å². The Morgan fingerprint density at radius 3 is 2.10 bits per heavy atom. The van der Waals surface area contributed by atoms with Gasteiger partial charge in [0.2, 0.25) is 0 Å². The first kappa shape index (κ1) is 9.96. The fourth-order valence-corrected chi connectivity index (χ4v) is 1.42. The van der Waals surface area contributed by atoms with Crippen LogP contribution in [0.4, 0.5) is 0 Å². The van der Waals surface area contributed by atoms with Crippen LogP contribution in [-0.2, 0) is 0 Å². The average Bonchev–Trinajstić information content (AvgIpc) is 2.08. The summed E-state index contributed by atoms with van der Waals surface area (Å²) >= 11 is 0. The second kappa shape index (κ2) is 3.38. The minimum atomic E-state index is 0. The molecule has 0 aromatic heterocycles. The van der Waals surface area contributed by atoms with Gasteiger partial charge in [-0.15, -0.1) is 0 Å². The molecule has 0 saturated carbocycles. The molecule has 1 N–H and O–H groups in total. The minimum absolute atomic E-state index is 0. The van der Waals surface area contributed by atoms with Crippen LogP contribution in [-0.4, -0.2) is 12.6 Å². The Hall–Kier alpha value is -0.0400. The van der Waals surface area contributed by atoms with Crippen molar-refractivity contribution in [1.82, 2.24) is 5.32 Å². The number of hydrogen-bond donors (Lipinski definition) is 1. The highest BCUT2D eigenvalue weighted by molar-refractivity contribution is 4.84. The van der Waals surface area contributed by atoms with E-state index in [9.17, 15) is 0 Å². The molecule has 0 radical (unpaired) electrons. The fraction of sp³-hybridized carbons (Fsp3) is 1.00. The summed E-state index contributed by atoms with van der Waals surface area (Å²) in [6, 6.07) is 0.762. The van der Waals surface area contributed by atoms with Crippen LogP contribution in [0.3, 0.4) is 0 Å². The Bertz CT molecular complexity index is 85.4. The Morgan fingerprint density at radius 2 is 1.90 bits per heavy atom. The van der Waals surface area contributed by atoms with Crippen molar-refractivity contribution in [2.24, 2.45) is 5.41 Å². The molecule has 1 saturated heterocycles. The van der Waals surface area contributed by atoms with E-state index in [1.807, 2.05) is 0 Å². The van der Waals surface area contributed by atoms with E-state index in [2.05, 4.69) is 26.1 Å². The maximum atomic E-state index is 3.50. The maximum absolute atomic E-state index is 3.50. The summed E-state index contributed by atoms with van der Waals surface area (Å²) in [5, 5.41) is 3.50. The lowest BCUT2D eigenvalue weighted by molar-refractivity contribution is 0.295. The molecule has 1 unspecified atom stereocenters. The molecule has 0 aliphatic carbocycles. The summed E-state index contributed by atoms with van der Waals surface area (Å²) in [6.07, 6.45) is 2.73. The van der Waals surface area contributed by atoms with Crippen LogP contribution in [0.2, 0.25) is 0 Å². The van der Waals surface area contributed by atoms with Crippen molar-refractivity contribution in [3.8, 4) is 0 Å². The van der Waals surface area contributed by atoms with Crippen molar-refractivity contribution in [3.05, 3.63) is 0 Å². The maximum Gasteiger partial charge on any atom is 0.0116 e. The van der Waals surface area contributed by atoms with E-state index in [4.69, 9.17) is 0 Å². The van der Waals surface area contributed by atoms with Gasteiger partial charge >= 0.3 is 0 Å². The van der Waals surface area contributed by atoms with E-state index >= 15 is 0 Å². The highest BCUT2D eigenvalue weighted by Crippen LogP contribution is 2.25. The van der Waals surface area contributed by atoms with Crippen LogP contribution < -0.4 is 5.32 Å². The van der Waals surface area contributed by atoms with Crippen LogP contribution >= 0.6 is 0 Å². The van der Waals surface area contributed by atoms with Crippen molar-refractivity contribution >= 4 is 0 Å². The Morgan fingerprint density at radius 1 is 1.30 bits per heavy atom. The van der Waals surface area contributed by atoms with Crippen molar-refractivity contribution in [2.45, 2.75) is 47.1 Å². The molecule has 1 rings (SSSR count). The van der Waals surface area contributed by atoms with Gasteiger partial charge < -0.3 is 5.32 Å². The van der Waals surface area contributed by atoms with E-state index in [0.29, 0.717) is 5.41 Å². The van der Waals surface area contributed by atoms with Gasteiger partial charge in [-0.2, -0.15) is 0 Å². The molecule has 1 aliphatic rings. The van der Waals surface area contributed by atoms with Gasteiger partial charge in [0.15, 0.2) is 0 Å². The first-order valence-electron chi connectivity index (χ1n) is 3.84. The van der Waals surface area contributed by atoms with Gasteiger partial charge in [-0.1, -0.05) is 28.2 Å². The zero-order valence-corrected chi connectivity index (χ0v) is 6.70. The third-order valence-electron chi connectivity index (χ3n) is 2.11. The summed E-state index contributed by atoms with van der Waals surface area (Å²) in [6.45, 7) is 8.13. The molecule has 1 heteroatoms. The van der Waals surface area contributed by atoms with Crippen molar-refractivity contribution in [2.75, 3.05) is 6.54 Å². The Labute approximate surface area is 65.2 Å². The predicted molar refractivity (Wildman–Crippen MR) is 47.2 cm³/mol. The molecule has 1 atom stereocenters. The normalized spacial score (nSPS) is 26.1. The Balaban J connectivity index is 0.000000810. The van der Waals surface area contributed by atoms with Crippen molar-refractivity contribution < 1.29 is 0 Å². The molecule has 1 heterocycles. The lowest BCUT2D eigenvalue weighted by Gasteiger charge is -2.26. The van der Waals surface area contributed by atoms with Crippen LogP contribution in [0.1, 0.15) is 41.0 Å². The predicted octanol–water partition coefficient (Wildman–Crippen LogP) is 2.42. The van der Waals surface area contributed by atoms with Crippen molar-refractivity contribution in [3.63, 3.8) is 0 Å². The standard InChI is InChI=1S/C8H17N.CH4/c1-8(2,3)7-5-4-6-9-7;/h7,9H,4-6H2,1-3H3;1H4. The third-order valence-corrected chi connectivity index (χ3v) is 2.11. The number of nitrogens with one attached hydrogen (secondary N) is 1. The lowest BCUT2D eigenvalue weighted by Crippen LogP contribution is -2.34. The zero-order valence-electron chi connectivity index (χ0n) is 6.70. The first-order chi connectivity index (χ1) is 4.11. The second-order valence-corrected chi connectivity index (χ2v) is 4.01. The summed E-state index contributed by atoms with van der Waals surface area (Å²) in [4.78, 5) is 0.